The third-order valence-corrected chi connectivity index (χ3v) is 5.39. The third kappa shape index (κ3) is 16.1. The second-order valence-electron chi connectivity index (χ2n) is 8.31. The standard InChI is InChI=1S/C25H42O4/c1-22(26)15-9-4-2-5-12-18-24(29-21-23-16-10-8-11-17-23)19-13-6-3-7-14-20-25(27)28/h8,10-11,16-17,22,24,26H,2-7,9,12-15,18-21H2,1H3,(H,27,28). The first kappa shape index (κ1) is 25.6. The fourth-order valence-electron chi connectivity index (χ4n) is 3.62. The normalized spacial score (nSPS) is 13.3. The van der Waals surface area contributed by atoms with Gasteiger partial charge in [0.15, 0.2) is 0 Å². The summed E-state index contributed by atoms with van der Waals surface area (Å²) in [5, 5.41) is 18.0. The van der Waals surface area contributed by atoms with Crippen LogP contribution in [0.4, 0.5) is 0 Å². The number of hydrogen-bond acceptors (Lipinski definition) is 3. The Morgan fingerprint density at radius 3 is 1.90 bits per heavy atom. The van der Waals surface area contributed by atoms with E-state index in [1.54, 1.807) is 0 Å². The molecular weight excluding hydrogens is 364 g/mol. The van der Waals surface area contributed by atoms with Crippen LogP contribution in [0.25, 0.3) is 0 Å². The Morgan fingerprint density at radius 1 is 0.828 bits per heavy atom. The highest BCUT2D eigenvalue weighted by Crippen LogP contribution is 2.18. The van der Waals surface area contributed by atoms with Gasteiger partial charge in [0.1, 0.15) is 0 Å². The molecule has 0 amide bonds. The Hall–Kier alpha value is -1.39. The highest BCUT2D eigenvalue weighted by Gasteiger charge is 2.10. The molecule has 29 heavy (non-hydrogen) atoms. The second kappa shape index (κ2) is 17.5. The molecule has 4 nitrogen and oxygen atoms in total. The molecule has 0 radical (unpaired) electrons. The van der Waals surface area contributed by atoms with E-state index in [9.17, 15) is 9.90 Å². The molecule has 0 aliphatic carbocycles. The molecular formula is C25H42O4. The summed E-state index contributed by atoms with van der Waals surface area (Å²) in [5.41, 5.74) is 1.23. The van der Waals surface area contributed by atoms with Gasteiger partial charge in [-0.25, -0.2) is 0 Å². The number of aliphatic carboxylic acids is 1. The average Bonchev–Trinajstić information content (AvgIpc) is 2.70. The van der Waals surface area contributed by atoms with Crippen LogP contribution in [0.3, 0.4) is 0 Å². The fourth-order valence-corrected chi connectivity index (χ4v) is 3.62. The summed E-state index contributed by atoms with van der Waals surface area (Å²) in [5.74, 6) is -0.690. The predicted octanol–water partition coefficient (Wildman–Crippen LogP) is 6.50. The number of aliphatic hydroxyl groups is 1. The molecule has 2 N–H and O–H groups in total. The van der Waals surface area contributed by atoms with E-state index in [0.717, 1.165) is 57.8 Å². The molecule has 4 heteroatoms. The third-order valence-electron chi connectivity index (χ3n) is 5.39. The molecule has 1 rings (SSSR count). The van der Waals surface area contributed by atoms with Gasteiger partial charge in [0.25, 0.3) is 0 Å². The summed E-state index contributed by atoms with van der Waals surface area (Å²) in [7, 11) is 0. The molecule has 2 unspecified atom stereocenters. The van der Waals surface area contributed by atoms with Crippen molar-refractivity contribution < 1.29 is 19.7 Å². The zero-order valence-corrected chi connectivity index (χ0v) is 18.4. The van der Waals surface area contributed by atoms with E-state index in [-0.39, 0.29) is 6.10 Å². The monoisotopic (exact) mass is 406 g/mol. The van der Waals surface area contributed by atoms with Crippen molar-refractivity contribution >= 4 is 5.97 Å². The Balaban J connectivity index is 2.21. The molecule has 166 valence electrons. The molecule has 2 atom stereocenters. The van der Waals surface area contributed by atoms with Gasteiger partial charge in [0.2, 0.25) is 0 Å². The molecule has 0 saturated carbocycles. The van der Waals surface area contributed by atoms with Gasteiger partial charge in [0, 0.05) is 6.42 Å². The number of carboxylic acid groups (broad SMARTS) is 1. The van der Waals surface area contributed by atoms with Crippen molar-refractivity contribution in [3.63, 3.8) is 0 Å². The summed E-state index contributed by atoms with van der Waals surface area (Å²) in [6, 6.07) is 10.4. The van der Waals surface area contributed by atoms with Crippen molar-refractivity contribution in [3.8, 4) is 0 Å². The maximum atomic E-state index is 10.6. The van der Waals surface area contributed by atoms with Crippen LogP contribution < -0.4 is 0 Å². The van der Waals surface area contributed by atoms with Gasteiger partial charge in [0.05, 0.1) is 18.8 Å². The van der Waals surface area contributed by atoms with Gasteiger partial charge >= 0.3 is 5.97 Å². The van der Waals surface area contributed by atoms with Gasteiger partial charge in [-0.15, -0.1) is 0 Å². The zero-order chi connectivity index (χ0) is 21.2. The number of carbonyl (C=O) groups is 1. The zero-order valence-electron chi connectivity index (χ0n) is 18.4. The van der Waals surface area contributed by atoms with E-state index < -0.39 is 5.97 Å². The summed E-state index contributed by atoms with van der Waals surface area (Å²) >= 11 is 0. The number of carboxylic acids is 1. The molecule has 0 heterocycles. The van der Waals surface area contributed by atoms with Gasteiger partial charge < -0.3 is 14.9 Å². The minimum absolute atomic E-state index is 0.171. The van der Waals surface area contributed by atoms with Gasteiger partial charge in [-0.3, -0.25) is 4.79 Å². The number of unbranched alkanes of at least 4 members (excludes halogenated alkanes) is 8. The lowest BCUT2D eigenvalue weighted by atomic mass is 10.0. The molecule has 0 spiro atoms. The number of rotatable bonds is 19. The van der Waals surface area contributed by atoms with Crippen molar-refractivity contribution in [2.75, 3.05) is 0 Å². The van der Waals surface area contributed by atoms with Gasteiger partial charge in [-0.2, -0.15) is 0 Å². The minimum Gasteiger partial charge on any atom is -0.481 e. The molecule has 1 aromatic carbocycles. The second-order valence-corrected chi connectivity index (χ2v) is 8.31. The van der Waals surface area contributed by atoms with E-state index in [1.807, 2.05) is 13.0 Å². The maximum Gasteiger partial charge on any atom is 0.303 e. The first-order chi connectivity index (χ1) is 14.1. The summed E-state index contributed by atoms with van der Waals surface area (Å²) in [4.78, 5) is 10.6. The molecule has 0 bridgehead atoms. The van der Waals surface area contributed by atoms with Crippen LogP contribution in [-0.2, 0) is 16.1 Å². The number of aliphatic hydroxyl groups excluding tert-OH is 1. The Kier molecular flexibility index (Phi) is 15.4. The highest BCUT2D eigenvalue weighted by molar-refractivity contribution is 5.66. The Bertz CT molecular complexity index is 501. The summed E-state index contributed by atoms with van der Waals surface area (Å²) in [6.45, 7) is 2.54. The van der Waals surface area contributed by atoms with Crippen molar-refractivity contribution in [3.05, 3.63) is 35.9 Å². The molecule has 0 fully saturated rings. The van der Waals surface area contributed by atoms with E-state index in [2.05, 4.69) is 24.3 Å². The van der Waals surface area contributed by atoms with Crippen LogP contribution in [0.1, 0.15) is 102 Å². The van der Waals surface area contributed by atoms with Gasteiger partial charge in [-0.1, -0.05) is 88.1 Å². The first-order valence-electron chi connectivity index (χ1n) is 11.6. The van der Waals surface area contributed by atoms with Crippen molar-refractivity contribution in [1.82, 2.24) is 0 Å². The quantitative estimate of drug-likeness (QED) is 0.257. The van der Waals surface area contributed by atoms with Crippen LogP contribution in [0, 0.1) is 0 Å². The van der Waals surface area contributed by atoms with Crippen LogP contribution in [-0.4, -0.2) is 28.4 Å². The molecule has 0 aromatic heterocycles. The molecule has 0 aliphatic heterocycles. The van der Waals surface area contributed by atoms with Crippen LogP contribution in [0.15, 0.2) is 30.3 Å². The van der Waals surface area contributed by atoms with Gasteiger partial charge in [-0.05, 0) is 38.2 Å². The van der Waals surface area contributed by atoms with Crippen molar-refractivity contribution in [1.29, 1.82) is 0 Å². The Morgan fingerprint density at radius 2 is 1.34 bits per heavy atom. The molecule has 1 aromatic rings. The maximum absolute atomic E-state index is 10.6. The topological polar surface area (TPSA) is 66.8 Å². The van der Waals surface area contributed by atoms with E-state index in [4.69, 9.17) is 9.84 Å². The lowest BCUT2D eigenvalue weighted by molar-refractivity contribution is -0.137. The molecule has 0 aliphatic rings. The summed E-state index contributed by atoms with van der Waals surface area (Å²) in [6.07, 6.45) is 14.8. The highest BCUT2D eigenvalue weighted by atomic mass is 16.5. The van der Waals surface area contributed by atoms with Crippen LogP contribution in [0.2, 0.25) is 0 Å². The lowest BCUT2D eigenvalue weighted by Gasteiger charge is -2.18. The largest absolute Gasteiger partial charge is 0.481 e. The predicted molar refractivity (Wildman–Crippen MR) is 119 cm³/mol. The van der Waals surface area contributed by atoms with E-state index >= 15 is 0 Å². The van der Waals surface area contributed by atoms with E-state index in [1.165, 1.54) is 31.2 Å². The average molecular weight is 407 g/mol. The Labute approximate surface area is 177 Å². The van der Waals surface area contributed by atoms with Crippen LogP contribution >= 0.6 is 0 Å². The van der Waals surface area contributed by atoms with Crippen molar-refractivity contribution in [2.45, 2.75) is 116 Å². The number of hydrogen-bond donors (Lipinski definition) is 2. The summed E-state index contributed by atoms with van der Waals surface area (Å²) < 4.78 is 6.24. The van der Waals surface area contributed by atoms with E-state index in [0.29, 0.717) is 19.1 Å². The molecule has 0 saturated heterocycles. The SMILES string of the molecule is CC(O)CCCCCCCC(CCCCCCCC(=O)O)OCc1ccccc1. The first-order valence-corrected chi connectivity index (χ1v) is 11.6. The number of benzene rings is 1. The minimum atomic E-state index is -0.690. The fraction of sp³-hybridized carbons (Fsp3) is 0.720. The smallest absolute Gasteiger partial charge is 0.303 e. The lowest BCUT2D eigenvalue weighted by Crippen LogP contribution is -2.13. The van der Waals surface area contributed by atoms with Crippen molar-refractivity contribution in [2.24, 2.45) is 0 Å². The van der Waals surface area contributed by atoms with Crippen LogP contribution in [0.5, 0.6) is 0 Å². The number of ether oxygens (including phenoxy) is 1.